The third-order valence-corrected chi connectivity index (χ3v) is 4.38. The van der Waals surface area contributed by atoms with E-state index in [1.54, 1.807) is 0 Å². The van der Waals surface area contributed by atoms with E-state index in [1.165, 1.54) is 11.8 Å². The molecule has 3 atom stereocenters. The zero-order chi connectivity index (χ0) is 12.4. The summed E-state index contributed by atoms with van der Waals surface area (Å²) in [7, 11) is 0. The molecule has 2 aliphatic rings. The van der Waals surface area contributed by atoms with E-state index in [9.17, 15) is 9.59 Å². The average molecular weight is 294 g/mol. The van der Waals surface area contributed by atoms with Gasteiger partial charge in [-0.2, -0.15) is 0 Å². The molecule has 2 amide bonds. The van der Waals surface area contributed by atoms with Gasteiger partial charge in [-0.15, -0.1) is 12.4 Å². The summed E-state index contributed by atoms with van der Waals surface area (Å²) in [5.41, 5.74) is 5.73. The summed E-state index contributed by atoms with van der Waals surface area (Å²) in [6.45, 7) is 3.46. The number of nitrogens with zero attached hydrogens (tertiary/aromatic N) is 1. The van der Waals surface area contributed by atoms with Crippen LogP contribution in [0.15, 0.2) is 0 Å². The lowest BCUT2D eigenvalue weighted by molar-refractivity contribution is -0.136. The molecule has 2 saturated heterocycles. The number of rotatable bonds is 2. The first-order valence-corrected chi connectivity index (χ1v) is 7.04. The van der Waals surface area contributed by atoms with Crippen LogP contribution in [0.25, 0.3) is 0 Å². The minimum absolute atomic E-state index is 0. The second kappa shape index (κ2) is 6.63. The topological polar surface area (TPSA) is 75.4 Å². The van der Waals surface area contributed by atoms with E-state index in [4.69, 9.17) is 5.73 Å². The van der Waals surface area contributed by atoms with E-state index in [-0.39, 0.29) is 35.6 Å². The van der Waals surface area contributed by atoms with Gasteiger partial charge >= 0.3 is 0 Å². The third kappa shape index (κ3) is 3.30. The van der Waals surface area contributed by atoms with Gasteiger partial charge in [-0.05, 0) is 18.8 Å². The molecule has 0 aliphatic carbocycles. The molecule has 104 valence electrons. The molecule has 2 heterocycles. The molecule has 18 heavy (non-hydrogen) atoms. The number of amides is 2. The van der Waals surface area contributed by atoms with Crippen molar-refractivity contribution in [1.82, 2.24) is 10.2 Å². The Morgan fingerprint density at radius 3 is 2.89 bits per heavy atom. The van der Waals surface area contributed by atoms with Crippen LogP contribution in [0.2, 0.25) is 0 Å². The van der Waals surface area contributed by atoms with Crippen LogP contribution in [0.5, 0.6) is 0 Å². The molecule has 0 saturated carbocycles. The molecule has 0 aromatic heterocycles. The Bertz CT molecular complexity index is 329. The lowest BCUT2D eigenvalue weighted by Gasteiger charge is -2.39. The lowest BCUT2D eigenvalue weighted by atomic mass is 9.92. The first-order valence-electron chi connectivity index (χ1n) is 6.05. The maximum atomic E-state index is 12.3. The second-order valence-electron chi connectivity index (χ2n) is 4.85. The van der Waals surface area contributed by atoms with Crippen molar-refractivity contribution in [3.63, 3.8) is 0 Å². The molecular formula is C11H20ClN3O2S. The van der Waals surface area contributed by atoms with Crippen LogP contribution in [0.3, 0.4) is 0 Å². The van der Waals surface area contributed by atoms with Gasteiger partial charge in [-0.1, -0.05) is 18.7 Å². The summed E-state index contributed by atoms with van der Waals surface area (Å²) in [6, 6.07) is -0.219. The highest BCUT2D eigenvalue weighted by molar-refractivity contribution is 8.14. The van der Waals surface area contributed by atoms with Crippen molar-refractivity contribution < 1.29 is 9.59 Å². The van der Waals surface area contributed by atoms with E-state index in [0.29, 0.717) is 18.2 Å². The van der Waals surface area contributed by atoms with Crippen molar-refractivity contribution >= 4 is 35.3 Å². The first-order chi connectivity index (χ1) is 8.11. The van der Waals surface area contributed by atoms with Gasteiger partial charge in [-0.3, -0.25) is 9.59 Å². The van der Waals surface area contributed by atoms with E-state index in [1.807, 2.05) is 4.90 Å². The lowest BCUT2D eigenvalue weighted by Crippen LogP contribution is -2.54. The molecule has 2 rings (SSSR count). The van der Waals surface area contributed by atoms with Crippen molar-refractivity contribution in [3.05, 3.63) is 0 Å². The molecule has 0 aromatic rings. The SMILES string of the molecule is CC1CCN(C(=O)[C@@H]2CSC(=O)N2)C(CN)C1.Cl. The Hall–Kier alpha value is -0.460. The first kappa shape index (κ1) is 15.6. The normalized spacial score (nSPS) is 31.8. The largest absolute Gasteiger partial charge is 0.337 e. The summed E-state index contributed by atoms with van der Waals surface area (Å²) in [5, 5.41) is 2.60. The second-order valence-corrected chi connectivity index (χ2v) is 5.84. The molecule has 2 fully saturated rings. The highest BCUT2D eigenvalue weighted by atomic mass is 35.5. The molecule has 0 bridgehead atoms. The predicted octanol–water partition coefficient (Wildman–Crippen LogP) is 0.819. The summed E-state index contributed by atoms with van der Waals surface area (Å²) >= 11 is 1.18. The van der Waals surface area contributed by atoms with Gasteiger partial charge < -0.3 is 16.0 Å². The minimum Gasteiger partial charge on any atom is -0.337 e. The Labute approximate surface area is 118 Å². The number of nitrogens with two attached hydrogens (primary N) is 1. The number of likely N-dealkylation sites (tertiary alicyclic amines) is 1. The molecule has 2 aliphatic heterocycles. The molecule has 7 heteroatoms. The average Bonchev–Trinajstić information content (AvgIpc) is 2.75. The molecule has 0 spiro atoms. The van der Waals surface area contributed by atoms with Gasteiger partial charge in [0.15, 0.2) is 0 Å². The molecule has 0 aromatic carbocycles. The summed E-state index contributed by atoms with van der Waals surface area (Å²) < 4.78 is 0. The van der Waals surface area contributed by atoms with E-state index < -0.39 is 0 Å². The van der Waals surface area contributed by atoms with Crippen LogP contribution in [-0.4, -0.2) is 47.0 Å². The smallest absolute Gasteiger partial charge is 0.279 e. The Kier molecular flexibility index (Phi) is 5.75. The van der Waals surface area contributed by atoms with Crippen molar-refractivity contribution in [2.24, 2.45) is 11.7 Å². The number of hydrogen-bond acceptors (Lipinski definition) is 4. The van der Waals surface area contributed by atoms with E-state index >= 15 is 0 Å². The van der Waals surface area contributed by atoms with Gasteiger partial charge in [0.25, 0.3) is 5.24 Å². The van der Waals surface area contributed by atoms with Crippen LogP contribution >= 0.6 is 24.2 Å². The molecule has 2 unspecified atom stereocenters. The maximum absolute atomic E-state index is 12.3. The number of hydrogen-bond donors (Lipinski definition) is 2. The number of piperidine rings is 1. The standard InChI is InChI=1S/C11H19N3O2S.ClH/c1-7-2-3-14(8(4-7)5-12)10(15)9-6-17-11(16)13-9;/h7-9H,2-6,12H2,1H3,(H,13,16);1H/t7?,8?,9-;/m0./s1. The fourth-order valence-corrected chi connectivity index (χ4v) is 3.25. The number of nitrogens with one attached hydrogen (secondary N) is 1. The van der Waals surface area contributed by atoms with Crippen LogP contribution in [0, 0.1) is 5.92 Å². The summed E-state index contributed by atoms with van der Waals surface area (Å²) in [4.78, 5) is 25.2. The van der Waals surface area contributed by atoms with Gasteiger partial charge in [0.2, 0.25) is 5.91 Å². The Morgan fingerprint density at radius 1 is 1.61 bits per heavy atom. The molecule has 3 N–H and O–H groups in total. The van der Waals surface area contributed by atoms with Gasteiger partial charge in [0.1, 0.15) is 6.04 Å². The quantitative estimate of drug-likeness (QED) is 0.790. The predicted molar refractivity (Wildman–Crippen MR) is 75.0 cm³/mol. The maximum Gasteiger partial charge on any atom is 0.279 e. The molecular weight excluding hydrogens is 274 g/mol. The van der Waals surface area contributed by atoms with Gasteiger partial charge in [0, 0.05) is 24.9 Å². The van der Waals surface area contributed by atoms with Crippen molar-refractivity contribution in [1.29, 1.82) is 0 Å². The highest BCUT2D eigenvalue weighted by Gasteiger charge is 2.36. The van der Waals surface area contributed by atoms with Gasteiger partial charge in [0.05, 0.1) is 0 Å². The number of carbonyl (C=O) groups excluding carboxylic acids is 2. The molecule has 5 nitrogen and oxygen atoms in total. The fraction of sp³-hybridized carbons (Fsp3) is 0.818. The van der Waals surface area contributed by atoms with Crippen LogP contribution in [0.1, 0.15) is 19.8 Å². The number of thioether (sulfide) groups is 1. The third-order valence-electron chi connectivity index (χ3n) is 3.50. The zero-order valence-electron chi connectivity index (χ0n) is 10.4. The number of carbonyl (C=O) groups is 2. The monoisotopic (exact) mass is 293 g/mol. The number of halogens is 1. The van der Waals surface area contributed by atoms with Crippen molar-refractivity contribution in [2.75, 3.05) is 18.8 Å². The van der Waals surface area contributed by atoms with Crippen molar-refractivity contribution in [3.8, 4) is 0 Å². The van der Waals surface area contributed by atoms with Crippen LogP contribution in [0.4, 0.5) is 4.79 Å². The highest BCUT2D eigenvalue weighted by Crippen LogP contribution is 2.24. The van der Waals surface area contributed by atoms with Gasteiger partial charge in [-0.25, -0.2) is 0 Å². The van der Waals surface area contributed by atoms with E-state index in [0.717, 1.165) is 19.4 Å². The Morgan fingerprint density at radius 2 is 2.33 bits per heavy atom. The fourth-order valence-electron chi connectivity index (χ4n) is 2.48. The van der Waals surface area contributed by atoms with E-state index in [2.05, 4.69) is 12.2 Å². The zero-order valence-corrected chi connectivity index (χ0v) is 12.1. The molecule has 0 radical (unpaired) electrons. The summed E-state index contributed by atoms with van der Waals surface area (Å²) in [5.74, 6) is 1.20. The van der Waals surface area contributed by atoms with Crippen molar-refractivity contribution in [2.45, 2.75) is 31.8 Å². The summed E-state index contributed by atoms with van der Waals surface area (Å²) in [6.07, 6.45) is 1.99. The van der Waals surface area contributed by atoms with Crippen LogP contribution < -0.4 is 11.1 Å². The minimum atomic E-state index is -0.352. The van der Waals surface area contributed by atoms with Crippen LogP contribution in [-0.2, 0) is 4.79 Å². The Balaban J connectivity index is 0.00000162.